The summed E-state index contributed by atoms with van der Waals surface area (Å²) in [6, 6.07) is 12.5. The molecule has 0 unspecified atom stereocenters. The molecule has 2 aromatic carbocycles. The number of pyridine rings is 1. The number of carbonyl (C=O) groups excluding carboxylic acids is 1. The lowest BCUT2D eigenvalue weighted by Crippen LogP contribution is -2.30. The maximum absolute atomic E-state index is 12.7. The Balaban J connectivity index is 1.53. The van der Waals surface area contributed by atoms with Crippen molar-refractivity contribution in [3.8, 4) is 11.5 Å². The number of anilines is 1. The number of hydrogen-bond acceptors (Lipinski definition) is 4. The van der Waals surface area contributed by atoms with Gasteiger partial charge >= 0.3 is 6.03 Å². The van der Waals surface area contributed by atoms with E-state index in [2.05, 4.69) is 10.6 Å². The Bertz CT molecular complexity index is 1120. The average Bonchev–Trinajstić information content (AvgIpc) is 3.17. The molecule has 0 fully saturated rings. The van der Waals surface area contributed by atoms with E-state index in [0.717, 1.165) is 10.9 Å². The van der Waals surface area contributed by atoms with E-state index < -0.39 is 0 Å². The minimum absolute atomic E-state index is 0.0550. The van der Waals surface area contributed by atoms with Gasteiger partial charge in [-0.25, -0.2) is 4.79 Å². The lowest BCUT2D eigenvalue weighted by atomic mass is 10.1. The van der Waals surface area contributed by atoms with Crippen LogP contribution in [0, 0.1) is 5.92 Å². The van der Waals surface area contributed by atoms with Crippen molar-refractivity contribution in [3.05, 3.63) is 64.6 Å². The van der Waals surface area contributed by atoms with Crippen LogP contribution in [-0.4, -0.2) is 17.4 Å². The van der Waals surface area contributed by atoms with Crippen molar-refractivity contribution in [2.45, 2.75) is 26.9 Å². The van der Waals surface area contributed by atoms with Crippen LogP contribution in [0.25, 0.3) is 10.8 Å². The molecule has 1 aliphatic heterocycles. The van der Waals surface area contributed by atoms with Crippen LogP contribution in [-0.2, 0) is 13.1 Å². The zero-order chi connectivity index (χ0) is 20.4. The molecule has 3 aromatic rings. The highest BCUT2D eigenvalue weighted by molar-refractivity contribution is 6.00. The van der Waals surface area contributed by atoms with Crippen molar-refractivity contribution < 1.29 is 14.3 Å². The first-order chi connectivity index (χ1) is 14.0. The predicted octanol–water partition coefficient (Wildman–Crippen LogP) is 3.71. The summed E-state index contributed by atoms with van der Waals surface area (Å²) in [5, 5.41) is 7.03. The van der Waals surface area contributed by atoms with Gasteiger partial charge in [0.15, 0.2) is 11.5 Å². The van der Waals surface area contributed by atoms with Crippen LogP contribution in [0.15, 0.2) is 53.5 Å². The Kier molecular flexibility index (Phi) is 5.12. The quantitative estimate of drug-likeness (QED) is 0.692. The van der Waals surface area contributed by atoms with Crippen molar-refractivity contribution >= 4 is 22.5 Å². The predicted molar refractivity (Wildman–Crippen MR) is 111 cm³/mol. The molecule has 0 bridgehead atoms. The Morgan fingerprint density at radius 2 is 1.86 bits per heavy atom. The molecule has 7 nitrogen and oxygen atoms in total. The molecule has 1 aliphatic rings. The van der Waals surface area contributed by atoms with Crippen LogP contribution < -0.4 is 25.7 Å². The zero-order valence-electron chi connectivity index (χ0n) is 16.4. The van der Waals surface area contributed by atoms with E-state index in [0.29, 0.717) is 41.6 Å². The fraction of sp³-hybridized carbons (Fsp3) is 0.273. The second-order valence-corrected chi connectivity index (χ2v) is 7.44. The van der Waals surface area contributed by atoms with Gasteiger partial charge in [0, 0.05) is 30.1 Å². The lowest BCUT2D eigenvalue weighted by molar-refractivity contribution is 0.174. The summed E-state index contributed by atoms with van der Waals surface area (Å²) >= 11 is 0. The minimum Gasteiger partial charge on any atom is -0.454 e. The number of hydrogen-bond donors (Lipinski definition) is 2. The second kappa shape index (κ2) is 7.87. The Morgan fingerprint density at radius 3 is 2.66 bits per heavy atom. The van der Waals surface area contributed by atoms with Crippen LogP contribution in [0.3, 0.4) is 0 Å². The van der Waals surface area contributed by atoms with Gasteiger partial charge < -0.3 is 24.7 Å². The Labute approximate surface area is 168 Å². The first-order valence-electron chi connectivity index (χ1n) is 9.57. The number of aromatic nitrogens is 1. The van der Waals surface area contributed by atoms with Crippen LogP contribution in [0.1, 0.15) is 19.4 Å². The SMILES string of the molecule is CC(C)Cn1cc(NC(=O)NCc2ccc3c(c2)OCO3)c2ccccc2c1=O. The number of ether oxygens (including phenoxy) is 2. The molecular formula is C22H23N3O4. The number of urea groups is 1. The van der Waals surface area contributed by atoms with Crippen LogP contribution in [0.2, 0.25) is 0 Å². The van der Waals surface area contributed by atoms with E-state index in [1.54, 1.807) is 16.8 Å². The van der Waals surface area contributed by atoms with E-state index in [9.17, 15) is 9.59 Å². The van der Waals surface area contributed by atoms with Gasteiger partial charge in [-0.1, -0.05) is 38.1 Å². The Hall–Kier alpha value is -3.48. The van der Waals surface area contributed by atoms with Gasteiger partial charge in [0.25, 0.3) is 5.56 Å². The molecular weight excluding hydrogens is 370 g/mol. The summed E-state index contributed by atoms with van der Waals surface area (Å²) in [5.41, 5.74) is 1.45. The molecule has 0 atom stereocenters. The highest BCUT2D eigenvalue weighted by atomic mass is 16.7. The highest BCUT2D eigenvalue weighted by Crippen LogP contribution is 2.32. The number of nitrogens with one attached hydrogen (secondary N) is 2. The zero-order valence-corrected chi connectivity index (χ0v) is 16.4. The summed E-state index contributed by atoms with van der Waals surface area (Å²) in [4.78, 5) is 25.2. The second-order valence-electron chi connectivity index (χ2n) is 7.44. The minimum atomic E-state index is -0.345. The maximum Gasteiger partial charge on any atom is 0.319 e. The lowest BCUT2D eigenvalue weighted by Gasteiger charge is -2.15. The van der Waals surface area contributed by atoms with Gasteiger partial charge in [0.1, 0.15) is 0 Å². The molecule has 2 N–H and O–H groups in total. The fourth-order valence-electron chi connectivity index (χ4n) is 3.37. The summed E-state index contributed by atoms with van der Waals surface area (Å²) in [6.45, 7) is 5.23. The van der Waals surface area contributed by atoms with Gasteiger partial charge in [0.05, 0.1) is 5.69 Å². The van der Waals surface area contributed by atoms with Gasteiger partial charge in [-0.05, 0) is 29.7 Å². The third-order valence-corrected chi connectivity index (χ3v) is 4.69. The number of amides is 2. The molecule has 1 aromatic heterocycles. The molecule has 2 heterocycles. The van der Waals surface area contributed by atoms with E-state index in [-0.39, 0.29) is 18.4 Å². The number of carbonyl (C=O) groups is 1. The number of rotatable bonds is 5. The van der Waals surface area contributed by atoms with E-state index >= 15 is 0 Å². The molecule has 0 spiro atoms. The number of nitrogens with zero attached hydrogens (tertiary/aromatic N) is 1. The highest BCUT2D eigenvalue weighted by Gasteiger charge is 2.14. The maximum atomic E-state index is 12.7. The van der Waals surface area contributed by atoms with Crippen molar-refractivity contribution in [1.82, 2.24) is 9.88 Å². The molecule has 150 valence electrons. The molecule has 0 radical (unpaired) electrons. The first kappa shape index (κ1) is 18.9. The average molecular weight is 393 g/mol. The largest absolute Gasteiger partial charge is 0.454 e. The standard InChI is InChI=1S/C22H23N3O4/c1-14(2)11-25-12-18(16-5-3-4-6-17(16)21(25)26)24-22(27)23-10-15-7-8-19-20(9-15)29-13-28-19/h3-9,12,14H,10-11,13H2,1-2H3,(H2,23,24,27). The van der Waals surface area contributed by atoms with Crippen molar-refractivity contribution in [2.24, 2.45) is 5.92 Å². The number of fused-ring (bicyclic) bond motifs is 2. The van der Waals surface area contributed by atoms with Crippen LogP contribution in [0.4, 0.5) is 10.5 Å². The normalized spacial score (nSPS) is 12.4. The topological polar surface area (TPSA) is 81.6 Å². The molecule has 29 heavy (non-hydrogen) atoms. The summed E-state index contributed by atoms with van der Waals surface area (Å²) in [6.07, 6.45) is 1.71. The third kappa shape index (κ3) is 4.03. The monoisotopic (exact) mass is 393 g/mol. The fourth-order valence-corrected chi connectivity index (χ4v) is 3.37. The van der Waals surface area contributed by atoms with Crippen LogP contribution >= 0.6 is 0 Å². The molecule has 4 rings (SSSR count). The third-order valence-electron chi connectivity index (χ3n) is 4.69. The smallest absolute Gasteiger partial charge is 0.319 e. The number of benzene rings is 2. The molecule has 7 heteroatoms. The first-order valence-corrected chi connectivity index (χ1v) is 9.57. The van der Waals surface area contributed by atoms with Gasteiger partial charge in [0.2, 0.25) is 6.79 Å². The van der Waals surface area contributed by atoms with E-state index in [4.69, 9.17) is 9.47 Å². The summed E-state index contributed by atoms with van der Waals surface area (Å²) in [5.74, 6) is 1.69. The van der Waals surface area contributed by atoms with Gasteiger partial charge in [-0.15, -0.1) is 0 Å². The van der Waals surface area contributed by atoms with E-state index in [1.807, 2.05) is 50.2 Å². The van der Waals surface area contributed by atoms with Gasteiger partial charge in [-0.2, -0.15) is 0 Å². The summed E-state index contributed by atoms with van der Waals surface area (Å²) in [7, 11) is 0. The van der Waals surface area contributed by atoms with E-state index in [1.165, 1.54) is 0 Å². The van der Waals surface area contributed by atoms with Crippen molar-refractivity contribution in [3.63, 3.8) is 0 Å². The van der Waals surface area contributed by atoms with Crippen molar-refractivity contribution in [1.29, 1.82) is 0 Å². The summed E-state index contributed by atoms with van der Waals surface area (Å²) < 4.78 is 12.3. The molecule has 0 saturated heterocycles. The molecule has 2 amide bonds. The molecule has 0 aliphatic carbocycles. The molecule has 0 saturated carbocycles. The van der Waals surface area contributed by atoms with Crippen LogP contribution in [0.5, 0.6) is 11.5 Å². The Morgan fingerprint density at radius 1 is 1.10 bits per heavy atom. The van der Waals surface area contributed by atoms with Gasteiger partial charge in [-0.3, -0.25) is 4.79 Å². The van der Waals surface area contributed by atoms with Crippen molar-refractivity contribution in [2.75, 3.05) is 12.1 Å².